The van der Waals surface area contributed by atoms with Gasteiger partial charge in [0, 0.05) is 25.7 Å². The Balaban J connectivity index is 1.72. The van der Waals surface area contributed by atoms with E-state index in [1.165, 1.54) is 6.42 Å². The standard InChI is InChI=1S/C10H18N2/c1-7-3-10(7)12-4-8(2)9-5-11-6-9/h7,10-12H,3-6H2,1-2H3. The highest BCUT2D eigenvalue weighted by atomic mass is 15.0. The van der Waals surface area contributed by atoms with Gasteiger partial charge in [-0.15, -0.1) is 0 Å². The van der Waals surface area contributed by atoms with Gasteiger partial charge >= 0.3 is 0 Å². The molecule has 2 atom stereocenters. The van der Waals surface area contributed by atoms with Crippen LogP contribution in [-0.2, 0) is 0 Å². The Morgan fingerprint density at radius 3 is 2.67 bits per heavy atom. The third kappa shape index (κ3) is 1.70. The molecule has 1 aliphatic carbocycles. The van der Waals surface area contributed by atoms with E-state index < -0.39 is 0 Å². The summed E-state index contributed by atoms with van der Waals surface area (Å²) in [4.78, 5) is 0. The van der Waals surface area contributed by atoms with E-state index in [0.717, 1.165) is 31.6 Å². The van der Waals surface area contributed by atoms with Gasteiger partial charge in [0.25, 0.3) is 0 Å². The molecule has 2 unspecified atom stereocenters. The SMILES string of the molecule is CC(CNC1CC1C)=C1CNC1. The van der Waals surface area contributed by atoms with E-state index in [-0.39, 0.29) is 0 Å². The van der Waals surface area contributed by atoms with Crippen LogP contribution in [0.15, 0.2) is 11.1 Å². The average molecular weight is 166 g/mol. The topological polar surface area (TPSA) is 24.1 Å². The van der Waals surface area contributed by atoms with Crippen molar-refractivity contribution in [2.24, 2.45) is 5.92 Å². The van der Waals surface area contributed by atoms with Gasteiger partial charge < -0.3 is 10.6 Å². The molecule has 0 aromatic heterocycles. The van der Waals surface area contributed by atoms with E-state index in [0.29, 0.717) is 0 Å². The van der Waals surface area contributed by atoms with E-state index in [9.17, 15) is 0 Å². The van der Waals surface area contributed by atoms with Gasteiger partial charge in [0.1, 0.15) is 0 Å². The van der Waals surface area contributed by atoms with Gasteiger partial charge in [-0.1, -0.05) is 12.5 Å². The van der Waals surface area contributed by atoms with Crippen molar-refractivity contribution < 1.29 is 0 Å². The summed E-state index contributed by atoms with van der Waals surface area (Å²) in [7, 11) is 0. The van der Waals surface area contributed by atoms with Gasteiger partial charge in [0.05, 0.1) is 0 Å². The smallest absolute Gasteiger partial charge is 0.0183 e. The number of hydrogen-bond donors (Lipinski definition) is 2. The molecule has 68 valence electrons. The Bertz CT molecular complexity index is 202. The zero-order chi connectivity index (χ0) is 8.55. The van der Waals surface area contributed by atoms with Crippen LogP contribution in [0, 0.1) is 5.92 Å². The Labute approximate surface area is 74.4 Å². The number of hydrogen-bond acceptors (Lipinski definition) is 2. The van der Waals surface area contributed by atoms with Gasteiger partial charge in [-0.3, -0.25) is 0 Å². The average Bonchev–Trinajstić information content (AvgIpc) is 2.58. The molecule has 1 aliphatic heterocycles. The van der Waals surface area contributed by atoms with E-state index >= 15 is 0 Å². The molecule has 2 aliphatic rings. The summed E-state index contributed by atoms with van der Waals surface area (Å²) in [6.45, 7) is 7.90. The van der Waals surface area contributed by atoms with E-state index in [1.807, 2.05) is 0 Å². The molecule has 2 fully saturated rings. The van der Waals surface area contributed by atoms with Crippen molar-refractivity contribution in [2.45, 2.75) is 26.3 Å². The maximum absolute atomic E-state index is 3.57. The van der Waals surface area contributed by atoms with Crippen molar-refractivity contribution in [3.63, 3.8) is 0 Å². The fourth-order valence-electron chi connectivity index (χ4n) is 1.57. The largest absolute Gasteiger partial charge is 0.310 e. The second-order valence-corrected chi connectivity index (χ2v) is 4.19. The van der Waals surface area contributed by atoms with Gasteiger partial charge in [-0.05, 0) is 24.8 Å². The fourth-order valence-corrected chi connectivity index (χ4v) is 1.57. The van der Waals surface area contributed by atoms with Gasteiger partial charge in [0.2, 0.25) is 0 Å². The van der Waals surface area contributed by atoms with Crippen LogP contribution in [0.3, 0.4) is 0 Å². The summed E-state index contributed by atoms with van der Waals surface area (Å²) in [5.41, 5.74) is 3.16. The first kappa shape index (κ1) is 8.27. The molecule has 0 aromatic rings. The summed E-state index contributed by atoms with van der Waals surface area (Å²) in [5.74, 6) is 0.919. The Morgan fingerprint density at radius 2 is 2.25 bits per heavy atom. The Kier molecular flexibility index (Phi) is 2.20. The molecule has 2 heteroatoms. The lowest BCUT2D eigenvalue weighted by atomic mass is 10.0. The van der Waals surface area contributed by atoms with Crippen LogP contribution in [0.1, 0.15) is 20.3 Å². The molecule has 1 heterocycles. The minimum atomic E-state index is 0.814. The molecule has 0 spiro atoms. The molecule has 2 N–H and O–H groups in total. The first-order valence-electron chi connectivity index (χ1n) is 4.89. The molecule has 0 radical (unpaired) electrons. The molecule has 0 amide bonds. The van der Waals surface area contributed by atoms with Crippen LogP contribution in [0.2, 0.25) is 0 Å². The highest BCUT2D eigenvalue weighted by molar-refractivity contribution is 5.22. The van der Waals surface area contributed by atoms with E-state index in [4.69, 9.17) is 0 Å². The van der Waals surface area contributed by atoms with Crippen molar-refractivity contribution >= 4 is 0 Å². The monoisotopic (exact) mass is 166 g/mol. The predicted molar refractivity (Wildman–Crippen MR) is 51.1 cm³/mol. The maximum atomic E-state index is 3.57. The van der Waals surface area contributed by atoms with E-state index in [1.54, 1.807) is 11.1 Å². The molecular formula is C10H18N2. The Hall–Kier alpha value is -0.340. The van der Waals surface area contributed by atoms with Crippen molar-refractivity contribution in [1.29, 1.82) is 0 Å². The van der Waals surface area contributed by atoms with Crippen molar-refractivity contribution in [3.05, 3.63) is 11.1 Å². The molecule has 2 nitrogen and oxygen atoms in total. The third-order valence-corrected chi connectivity index (χ3v) is 3.02. The maximum Gasteiger partial charge on any atom is 0.0183 e. The highest BCUT2D eigenvalue weighted by Crippen LogP contribution is 2.29. The van der Waals surface area contributed by atoms with Crippen molar-refractivity contribution in [1.82, 2.24) is 10.6 Å². The second kappa shape index (κ2) is 3.19. The van der Waals surface area contributed by atoms with E-state index in [2.05, 4.69) is 24.5 Å². The number of nitrogens with one attached hydrogen (secondary N) is 2. The van der Waals surface area contributed by atoms with Gasteiger partial charge in [-0.25, -0.2) is 0 Å². The van der Waals surface area contributed by atoms with Crippen LogP contribution in [0.5, 0.6) is 0 Å². The first-order chi connectivity index (χ1) is 5.77. The Morgan fingerprint density at radius 1 is 1.58 bits per heavy atom. The lowest BCUT2D eigenvalue weighted by Crippen LogP contribution is -2.36. The molecule has 0 aromatic carbocycles. The second-order valence-electron chi connectivity index (χ2n) is 4.19. The molecule has 0 bridgehead atoms. The van der Waals surface area contributed by atoms with Crippen LogP contribution < -0.4 is 10.6 Å². The van der Waals surface area contributed by atoms with Crippen LogP contribution in [0.4, 0.5) is 0 Å². The first-order valence-corrected chi connectivity index (χ1v) is 4.89. The summed E-state index contributed by atoms with van der Waals surface area (Å²) in [6, 6.07) is 0.814. The minimum Gasteiger partial charge on any atom is -0.310 e. The molecule has 1 saturated carbocycles. The lowest BCUT2D eigenvalue weighted by molar-refractivity contribution is 0.632. The van der Waals surface area contributed by atoms with Crippen LogP contribution in [-0.4, -0.2) is 25.7 Å². The molecular weight excluding hydrogens is 148 g/mol. The summed E-state index contributed by atoms with van der Waals surface area (Å²) < 4.78 is 0. The van der Waals surface area contributed by atoms with Crippen LogP contribution >= 0.6 is 0 Å². The lowest BCUT2D eigenvalue weighted by Gasteiger charge is -2.22. The quantitative estimate of drug-likeness (QED) is 0.609. The van der Waals surface area contributed by atoms with Crippen molar-refractivity contribution in [2.75, 3.05) is 19.6 Å². The predicted octanol–water partition coefficient (Wildman–Crippen LogP) is 0.904. The highest BCUT2D eigenvalue weighted by Gasteiger charge is 2.31. The molecule has 2 rings (SSSR count). The summed E-state index contributed by atoms with van der Waals surface area (Å²) in [6.07, 6.45) is 1.38. The fraction of sp³-hybridized carbons (Fsp3) is 0.800. The number of rotatable bonds is 3. The summed E-state index contributed by atoms with van der Waals surface area (Å²) in [5, 5.41) is 6.84. The van der Waals surface area contributed by atoms with Gasteiger partial charge in [-0.2, -0.15) is 0 Å². The van der Waals surface area contributed by atoms with Crippen molar-refractivity contribution in [3.8, 4) is 0 Å². The minimum absolute atomic E-state index is 0.814. The van der Waals surface area contributed by atoms with Crippen LogP contribution in [0.25, 0.3) is 0 Å². The zero-order valence-electron chi connectivity index (χ0n) is 7.98. The molecule has 1 saturated heterocycles. The van der Waals surface area contributed by atoms with Gasteiger partial charge in [0.15, 0.2) is 0 Å². The third-order valence-electron chi connectivity index (χ3n) is 3.02. The zero-order valence-corrected chi connectivity index (χ0v) is 7.98. The summed E-state index contributed by atoms with van der Waals surface area (Å²) >= 11 is 0. The normalized spacial score (nSPS) is 33.0. The molecule has 12 heavy (non-hydrogen) atoms.